The number of aromatic nitrogens is 1. The molecule has 1 aromatic heterocycles. The Kier molecular flexibility index (Phi) is 4.03. The minimum absolute atomic E-state index is 0.317. The normalized spacial score (nSPS) is 20.4. The predicted octanol–water partition coefficient (Wildman–Crippen LogP) is 4.07. The molecule has 0 bridgehead atoms. The lowest BCUT2D eigenvalue weighted by Gasteiger charge is -2.14. The summed E-state index contributed by atoms with van der Waals surface area (Å²) in [5.41, 5.74) is 3.57. The highest BCUT2D eigenvalue weighted by Gasteiger charge is 2.39. The summed E-state index contributed by atoms with van der Waals surface area (Å²) in [7, 11) is -3.58. The van der Waals surface area contributed by atoms with E-state index in [1.165, 1.54) is 0 Å². The van der Waals surface area contributed by atoms with Gasteiger partial charge in [0.15, 0.2) is 0 Å². The van der Waals surface area contributed by atoms with Gasteiger partial charge < -0.3 is 9.64 Å². The molecule has 0 spiro atoms. The first-order valence-electron chi connectivity index (χ1n) is 9.94. The third-order valence-electron chi connectivity index (χ3n) is 6.03. The Morgan fingerprint density at radius 3 is 2.71 bits per heavy atom. The number of rotatable bonds is 4. The zero-order valence-electron chi connectivity index (χ0n) is 16.2. The SMILES string of the molecule is CCOc1ccc2c(c1)c(C1CCN(CC)C1)c1n2S(=O)(=O)c2ccccc2-1. The van der Waals surface area contributed by atoms with Crippen molar-refractivity contribution in [2.24, 2.45) is 0 Å². The number of benzene rings is 2. The average Bonchev–Trinajstić information content (AvgIpc) is 3.35. The van der Waals surface area contributed by atoms with Gasteiger partial charge in [0.25, 0.3) is 10.0 Å². The first-order valence-corrected chi connectivity index (χ1v) is 11.4. The van der Waals surface area contributed by atoms with Gasteiger partial charge in [-0.05, 0) is 56.3 Å². The van der Waals surface area contributed by atoms with Crippen LogP contribution < -0.4 is 4.74 Å². The van der Waals surface area contributed by atoms with E-state index in [-0.39, 0.29) is 0 Å². The van der Waals surface area contributed by atoms with Gasteiger partial charge in [-0.2, -0.15) is 0 Å². The molecule has 1 unspecified atom stereocenters. The summed E-state index contributed by atoms with van der Waals surface area (Å²) in [6.45, 7) is 7.75. The van der Waals surface area contributed by atoms with Crippen LogP contribution in [0.25, 0.3) is 22.2 Å². The minimum Gasteiger partial charge on any atom is -0.494 e. The Morgan fingerprint density at radius 1 is 1.14 bits per heavy atom. The summed E-state index contributed by atoms with van der Waals surface area (Å²) >= 11 is 0. The van der Waals surface area contributed by atoms with Gasteiger partial charge in [0.05, 0.1) is 22.7 Å². The Morgan fingerprint density at radius 2 is 1.96 bits per heavy atom. The molecule has 3 aromatic rings. The Labute approximate surface area is 165 Å². The van der Waals surface area contributed by atoms with Crippen LogP contribution in [0.15, 0.2) is 47.4 Å². The lowest BCUT2D eigenvalue weighted by Crippen LogP contribution is -2.19. The van der Waals surface area contributed by atoms with Crippen LogP contribution >= 0.6 is 0 Å². The maximum atomic E-state index is 13.4. The smallest absolute Gasteiger partial charge is 0.269 e. The molecule has 5 nitrogen and oxygen atoms in total. The van der Waals surface area contributed by atoms with Gasteiger partial charge in [-0.15, -0.1) is 0 Å². The summed E-state index contributed by atoms with van der Waals surface area (Å²) < 4.78 is 34.0. The van der Waals surface area contributed by atoms with Crippen LogP contribution in [0.2, 0.25) is 0 Å². The van der Waals surface area contributed by atoms with E-state index in [0.717, 1.165) is 59.5 Å². The topological polar surface area (TPSA) is 51.5 Å². The van der Waals surface area contributed by atoms with Crippen LogP contribution in [0.3, 0.4) is 0 Å². The average molecular weight is 397 g/mol. The van der Waals surface area contributed by atoms with Crippen molar-refractivity contribution in [1.82, 2.24) is 8.87 Å². The van der Waals surface area contributed by atoms with Crippen LogP contribution in [0.5, 0.6) is 5.75 Å². The molecule has 0 radical (unpaired) electrons. The second-order valence-corrected chi connectivity index (χ2v) is 9.27. The van der Waals surface area contributed by atoms with E-state index in [9.17, 15) is 8.42 Å². The van der Waals surface area contributed by atoms with Gasteiger partial charge in [0, 0.05) is 23.4 Å². The molecule has 0 N–H and O–H groups in total. The zero-order chi connectivity index (χ0) is 19.5. The maximum Gasteiger partial charge on any atom is 0.269 e. The molecule has 1 fully saturated rings. The highest BCUT2D eigenvalue weighted by molar-refractivity contribution is 7.90. The van der Waals surface area contributed by atoms with Crippen LogP contribution in [-0.4, -0.2) is 43.5 Å². The molecule has 0 amide bonds. The minimum atomic E-state index is -3.58. The molecule has 2 aromatic carbocycles. The van der Waals surface area contributed by atoms with Crippen LogP contribution in [0.4, 0.5) is 0 Å². The molecule has 146 valence electrons. The number of nitrogens with zero attached hydrogens (tertiary/aromatic N) is 2. The van der Waals surface area contributed by atoms with E-state index in [1.54, 1.807) is 16.1 Å². The standard InChI is InChI=1S/C22H24N2O3S/c1-3-23-12-11-15(14-23)21-18-13-16(27-4-2)9-10-19(18)24-22(21)17-7-5-6-8-20(17)28(24,25)26/h5-10,13,15H,3-4,11-12,14H2,1-2H3. The monoisotopic (exact) mass is 396 g/mol. The van der Waals surface area contributed by atoms with Gasteiger partial charge in [-0.25, -0.2) is 12.4 Å². The van der Waals surface area contributed by atoms with Gasteiger partial charge in [-0.1, -0.05) is 25.1 Å². The fourth-order valence-electron chi connectivity index (χ4n) is 4.78. The Balaban J connectivity index is 1.84. The lowest BCUT2D eigenvalue weighted by atomic mass is 9.92. The molecule has 0 saturated carbocycles. The summed E-state index contributed by atoms with van der Waals surface area (Å²) in [6, 6.07) is 13.2. The third-order valence-corrected chi connectivity index (χ3v) is 7.81. The largest absolute Gasteiger partial charge is 0.494 e. The number of fused-ring (bicyclic) bond motifs is 5. The van der Waals surface area contributed by atoms with Crippen LogP contribution in [0, 0.1) is 0 Å². The third kappa shape index (κ3) is 2.37. The highest BCUT2D eigenvalue weighted by atomic mass is 32.2. The zero-order valence-corrected chi connectivity index (χ0v) is 17.0. The van der Waals surface area contributed by atoms with E-state index in [0.29, 0.717) is 17.4 Å². The molecule has 2 aliphatic heterocycles. The molecule has 0 aliphatic carbocycles. The van der Waals surface area contributed by atoms with E-state index in [4.69, 9.17) is 4.74 Å². The van der Waals surface area contributed by atoms with E-state index >= 15 is 0 Å². The first kappa shape index (κ1) is 17.8. The van der Waals surface area contributed by atoms with Crippen molar-refractivity contribution < 1.29 is 13.2 Å². The number of likely N-dealkylation sites (N-methyl/N-ethyl adjacent to an activating group) is 1. The van der Waals surface area contributed by atoms with E-state index in [1.807, 2.05) is 37.3 Å². The fourth-order valence-corrected chi connectivity index (χ4v) is 6.53. The van der Waals surface area contributed by atoms with Gasteiger partial charge >= 0.3 is 0 Å². The summed E-state index contributed by atoms with van der Waals surface area (Å²) in [6.07, 6.45) is 1.04. The van der Waals surface area contributed by atoms with E-state index in [2.05, 4.69) is 11.8 Å². The van der Waals surface area contributed by atoms with Crippen molar-refractivity contribution in [2.75, 3.05) is 26.2 Å². The molecule has 3 heterocycles. The number of hydrogen-bond donors (Lipinski definition) is 0. The van der Waals surface area contributed by atoms with Crippen molar-refractivity contribution in [3.63, 3.8) is 0 Å². The highest BCUT2D eigenvalue weighted by Crippen LogP contribution is 2.49. The molecule has 28 heavy (non-hydrogen) atoms. The molecular weight excluding hydrogens is 372 g/mol. The van der Waals surface area contributed by atoms with Gasteiger partial charge in [-0.3, -0.25) is 0 Å². The Bertz CT molecular complexity index is 1180. The maximum absolute atomic E-state index is 13.4. The van der Waals surface area contributed by atoms with Crippen molar-refractivity contribution in [3.05, 3.63) is 48.0 Å². The molecule has 6 heteroatoms. The summed E-state index contributed by atoms with van der Waals surface area (Å²) in [4.78, 5) is 2.84. The summed E-state index contributed by atoms with van der Waals surface area (Å²) in [5, 5.41) is 1.00. The molecule has 1 atom stereocenters. The number of hydrogen-bond acceptors (Lipinski definition) is 4. The van der Waals surface area contributed by atoms with Gasteiger partial charge in [0.1, 0.15) is 5.75 Å². The number of likely N-dealkylation sites (tertiary alicyclic amines) is 1. The Hall–Kier alpha value is -2.31. The van der Waals surface area contributed by atoms with Gasteiger partial charge in [0.2, 0.25) is 0 Å². The quantitative estimate of drug-likeness (QED) is 0.522. The lowest BCUT2D eigenvalue weighted by molar-refractivity contribution is 0.340. The second kappa shape index (κ2) is 6.36. The molecular formula is C22H24N2O3S. The van der Waals surface area contributed by atoms with Crippen LogP contribution in [-0.2, 0) is 10.0 Å². The van der Waals surface area contributed by atoms with Crippen LogP contribution in [0.1, 0.15) is 31.7 Å². The second-order valence-electron chi connectivity index (χ2n) is 7.52. The van der Waals surface area contributed by atoms with Crippen molar-refractivity contribution >= 4 is 20.9 Å². The molecule has 5 rings (SSSR count). The first-order chi connectivity index (χ1) is 13.6. The van der Waals surface area contributed by atoms with Crippen molar-refractivity contribution in [3.8, 4) is 17.0 Å². The molecule has 2 aliphatic rings. The summed E-state index contributed by atoms with van der Waals surface area (Å²) in [5.74, 6) is 1.11. The fraction of sp³-hybridized carbons (Fsp3) is 0.364. The molecule has 1 saturated heterocycles. The van der Waals surface area contributed by atoms with Crippen molar-refractivity contribution in [1.29, 1.82) is 0 Å². The number of ether oxygens (including phenoxy) is 1. The van der Waals surface area contributed by atoms with E-state index < -0.39 is 10.0 Å². The predicted molar refractivity (Wildman–Crippen MR) is 111 cm³/mol. The van der Waals surface area contributed by atoms with Crippen molar-refractivity contribution in [2.45, 2.75) is 31.1 Å².